The lowest BCUT2D eigenvalue weighted by Crippen LogP contribution is -2.14. The maximum absolute atomic E-state index is 6.14. The van der Waals surface area contributed by atoms with Crippen LogP contribution in [0.4, 0.5) is 11.4 Å². The molecule has 0 radical (unpaired) electrons. The van der Waals surface area contributed by atoms with Crippen LogP contribution in [-0.2, 0) is 0 Å². The molecule has 0 amide bonds. The lowest BCUT2D eigenvalue weighted by molar-refractivity contribution is 0.668. The molecule has 0 fully saturated rings. The van der Waals surface area contributed by atoms with Crippen LogP contribution >= 0.6 is 0 Å². The molecule has 0 spiro atoms. The van der Waals surface area contributed by atoms with E-state index in [2.05, 4.69) is 217 Å². The summed E-state index contributed by atoms with van der Waals surface area (Å²) in [4.78, 5) is 2.32. The fourth-order valence-electron chi connectivity index (χ4n) is 9.55. The second-order valence-corrected chi connectivity index (χ2v) is 16.6. The molecular formula is C61H42N2O2. The highest BCUT2D eigenvalue weighted by molar-refractivity contribution is 6.11. The Hall–Kier alpha value is -8.60. The molecule has 0 aliphatic heterocycles. The lowest BCUT2D eigenvalue weighted by atomic mass is 10.0. The van der Waals surface area contributed by atoms with Crippen molar-refractivity contribution < 1.29 is 8.83 Å². The number of anilines is 2. The number of fused-ring (bicyclic) bond motifs is 9. The molecule has 4 nitrogen and oxygen atoms in total. The zero-order valence-electron chi connectivity index (χ0n) is 35.8. The third-order valence-corrected chi connectivity index (χ3v) is 12.8. The van der Waals surface area contributed by atoms with Crippen LogP contribution in [0.1, 0.15) is 12.5 Å². The molecule has 0 aliphatic rings. The Balaban J connectivity index is 0.925. The quantitative estimate of drug-likeness (QED) is 0.136. The fourth-order valence-corrected chi connectivity index (χ4v) is 9.55. The van der Waals surface area contributed by atoms with Crippen molar-refractivity contribution in [2.24, 2.45) is 0 Å². The normalized spacial score (nSPS) is 12.3. The van der Waals surface area contributed by atoms with Crippen LogP contribution in [0.15, 0.2) is 246 Å². The molecule has 3 heterocycles. The minimum atomic E-state index is 0.875. The van der Waals surface area contributed by atoms with Crippen LogP contribution in [0.5, 0.6) is 0 Å². The van der Waals surface area contributed by atoms with Crippen molar-refractivity contribution in [2.75, 3.05) is 4.90 Å². The monoisotopic (exact) mass is 834 g/mol. The highest BCUT2D eigenvalue weighted by Gasteiger charge is 2.17. The first-order chi connectivity index (χ1) is 32.1. The third kappa shape index (κ3) is 6.63. The molecule has 0 bridgehead atoms. The van der Waals surface area contributed by atoms with Gasteiger partial charge in [0.05, 0.1) is 11.0 Å². The fraction of sp³-hybridized carbons (Fsp3) is 0.0164. The second kappa shape index (κ2) is 15.6. The Bertz CT molecular complexity index is 3840. The number of nitrogens with zero attached hydrogens (tertiary/aromatic N) is 2. The van der Waals surface area contributed by atoms with Crippen molar-refractivity contribution in [3.05, 3.63) is 242 Å². The Morgan fingerprint density at radius 2 is 0.923 bits per heavy atom. The van der Waals surface area contributed by atoms with E-state index in [9.17, 15) is 0 Å². The van der Waals surface area contributed by atoms with Gasteiger partial charge in [-0.2, -0.15) is 0 Å². The van der Waals surface area contributed by atoms with Gasteiger partial charge in [-0.15, -0.1) is 0 Å². The van der Waals surface area contributed by atoms with Crippen molar-refractivity contribution in [2.45, 2.75) is 6.92 Å². The zero-order chi connectivity index (χ0) is 43.4. The summed E-state index contributed by atoms with van der Waals surface area (Å²) in [5, 5.41) is 6.91. The standard InChI is InChI=1S/C61H42N2O2/c1-3-41(44-28-35-60-54(38-44)51-16-8-11-19-58(51)64-60)22-21-40(2)62(49-32-25-43(26-33-49)46-29-36-61-55(39-46)52-17-9-12-20-59(52)65-61)48-30-23-42(24-31-48)45-27-34-57-53(37-45)50-15-7-10-18-56(50)63(57)47-13-5-4-6-14-47/h3-39H,1H2,2H3/b40-21+,41-22+. The van der Waals surface area contributed by atoms with E-state index >= 15 is 0 Å². The van der Waals surface area contributed by atoms with E-state index in [0.29, 0.717) is 0 Å². The number of rotatable bonds is 9. The highest BCUT2D eigenvalue weighted by atomic mass is 16.3. The first kappa shape index (κ1) is 38.1. The Labute approximate surface area is 376 Å². The van der Waals surface area contributed by atoms with Gasteiger partial charge >= 0.3 is 0 Å². The summed E-state index contributed by atoms with van der Waals surface area (Å²) >= 11 is 0. The average Bonchev–Trinajstić information content (AvgIpc) is 4.04. The van der Waals surface area contributed by atoms with Crippen LogP contribution in [0.3, 0.4) is 0 Å². The molecule has 65 heavy (non-hydrogen) atoms. The summed E-state index contributed by atoms with van der Waals surface area (Å²) in [6.07, 6.45) is 6.27. The smallest absolute Gasteiger partial charge is 0.135 e. The van der Waals surface area contributed by atoms with Gasteiger partial charge in [0.1, 0.15) is 22.3 Å². The van der Waals surface area contributed by atoms with Gasteiger partial charge in [-0.05, 0) is 137 Å². The van der Waals surface area contributed by atoms with Gasteiger partial charge in [-0.1, -0.05) is 134 Å². The maximum atomic E-state index is 6.14. The molecule has 12 aromatic rings. The maximum Gasteiger partial charge on any atom is 0.135 e. The van der Waals surface area contributed by atoms with Crippen molar-refractivity contribution in [1.82, 2.24) is 4.57 Å². The average molecular weight is 835 g/mol. The molecule has 12 rings (SSSR count). The van der Waals surface area contributed by atoms with E-state index in [1.165, 1.54) is 27.4 Å². The van der Waals surface area contributed by atoms with Gasteiger partial charge in [0.15, 0.2) is 0 Å². The summed E-state index contributed by atoms with van der Waals surface area (Å²) in [5.74, 6) is 0. The highest BCUT2D eigenvalue weighted by Crippen LogP contribution is 2.39. The van der Waals surface area contributed by atoms with Gasteiger partial charge in [-0.25, -0.2) is 0 Å². The van der Waals surface area contributed by atoms with Crippen molar-refractivity contribution in [3.8, 4) is 27.9 Å². The molecule has 0 aliphatic carbocycles. The lowest BCUT2D eigenvalue weighted by Gasteiger charge is -2.26. The van der Waals surface area contributed by atoms with E-state index in [-0.39, 0.29) is 0 Å². The molecular weight excluding hydrogens is 793 g/mol. The molecule has 4 heteroatoms. The van der Waals surface area contributed by atoms with Crippen LogP contribution < -0.4 is 4.90 Å². The number of para-hydroxylation sites is 4. The molecule has 9 aromatic carbocycles. The molecule has 308 valence electrons. The Kier molecular flexibility index (Phi) is 9.17. The van der Waals surface area contributed by atoms with E-state index in [1.54, 1.807) is 0 Å². The topological polar surface area (TPSA) is 34.5 Å². The predicted octanol–water partition coefficient (Wildman–Crippen LogP) is 17.2. The van der Waals surface area contributed by atoms with Crippen LogP contribution in [-0.4, -0.2) is 4.57 Å². The second-order valence-electron chi connectivity index (χ2n) is 16.6. The Morgan fingerprint density at radius 3 is 1.57 bits per heavy atom. The van der Waals surface area contributed by atoms with E-state index in [4.69, 9.17) is 8.83 Å². The Morgan fingerprint density at radius 1 is 0.431 bits per heavy atom. The number of aromatic nitrogens is 1. The number of allylic oxidation sites excluding steroid dienone is 5. The molecule has 0 unspecified atom stereocenters. The van der Waals surface area contributed by atoms with Crippen LogP contribution in [0, 0.1) is 0 Å². The van der Waals surface area contributed by atoms with E-state index in [1.807, 2.05) is 30.3 Å². The minimum absolute atomic E-state index is 0.875. The predicted molar refractivity (Wildman–Crippen MR) is 273 cm³/mol. The number of hydrogen-bond acceptors (Lipinski definition) is 3. The van der Waals surface area contributed by atoms with Gasteiger partial charge < -0.3 is 18.3 Å². The summed E-state index contributed by atoms with van der Waals surface area (Å²) in [6.45, 7) is 6.39. The van der Waals surface area contributed by atoms with Crippen molar-refractivity contribution >= 4 is 82.6 Å². The van der Waals surface area contributed by atoms with Crippen LogP contribution in [0.25, 0.3) is 99.2 Å². The van der Waals surface area contributed by atoms with E-state index in [0.717, 1.165) is 94.5 Å². The summed E-state index contributed by atoms with van der Waals surface area (Å²) in [6, 6.07) is 73.2. The third-order valence-electron chi connectivity index (χ3n) is 12.8. The summed E-state index contributed by atoms with van der Waals surface area (Å²) < 4.78 is 14.6. The molecule has 3 aromatic heterocycles. The number of hydrogen-bond donors (Lipinski definition) is 0. The van der Waals surface area contributed by atoms with E-state index < -0.39 is 0 Å². The number of furan rings is 2. The zero-order valence-corrected chi connectivity index (χ0v) is 35.8. The summed E-state index contributed by atoms with van der Waals surface area (Å²) in [7, 11) is 0. The molecule has 0 atom stereocenters. The molecule has 0 saturated heterocycles. The molecule has 0 N–H and O–H groups in total. The SMILES string of the molecule is C=C/C(=C\C=C(/C)N(c1ccc(-c2ccc3oc4ccccc4c3c2)cc1)c1ccc(-c2ccc3c(c2)c2ccccc2n3-c2ccccc2)cc1)c1ccc2oc3ccccc3c2c1. The van der Waals surface area contributed by atoms with Gasteiger partial charge in [0.25, 0.3) is 0 Å². The first-order valence-electron chi connectivity index (χ1n) is 22.0. The molecule has 0 saturated carbocycles. The number of benzene rings is 9. The van der Waals surface area contributed by atoms with Crippen LogP contribution in [0.2, 0.25) is 0 Å². The largest absolute Gasteiger partial charge is 0.456 e. The van der Waals surface area contributed by atoms with Gasteiger partial charge in [0.2, 0.25) is 0 Å². The minimum Gasteiger partial charge on any atom is -0.456 e. The van der Waals surface area contributed by atoms with Gasteiger partial charge in [-0.3, -0.25) is 0 Å². The van der Waals surface area contributed by atoms with Crippen molar-refractivity contribution in [3.63, 3.8) is 0 Å². The van der Waals surface area contributed by atoms with Crippen molar-refractivity contribution in [1.29, 1.82) is 0 Å². The van der Waals surface area contributed by atoms with Gasteiger partial charge in [0, 0.05) is 55.1 Å². The first-order valence-corrected chi connectivity index (χ1v) is 22.0. The summed E-state index contributed by atoms with van der Waals surface area (Å²) in [5.41, 5.74) is 17.0.